The first kappa shape index (κ1) is 26.0. The van der Waals surface area contributed by atoms with E-state index < -0.39 is 11.4 Å². The van der Waals surface area contributed by atoms with Crippen LogP contribution in [0.15, 0.2) is 66.1 Å². The zero-order valence-electron chi connectivity index (χ0n) is 21.6. The summed E-state index contributed by atoms with van der Waals surface area (Å²) in [5.41, 5.74) is 1.27. The van der Waals surface area contributed by atoms with Crippen LogP contribution in [0, 0.1) is 5.82 Å². The van der Waals surface area contributed by atoms with Crippen LogP contribution in [0.3, 0.4) is 0 Å². The molecule has 0 radical (unpaired) electrons. The molecule has 2 N–H and O–H groups in total. The fraction of sp³-hybridized carbons (Fsp3) is 0.357. The molecule has 0 bridgehead atoms. The van der Waals surface area contributed by atoms with Crippen LogP contribution >= 0.6 is 11.8 Å². The highest BCUT2D eigenvalue weighted by Gasteiger charge is 2.25. The van der Waals surface area contributed by atoms with Crippen molar-refractivity contribution in [2.45, 2.75) is 68.4 Å². The Balaban J connectivity index is 1.20. The molecule has 1 amide bonds. The van der Waals surface area contributed by atoms with Gasteiger partial charge in [0.2, 0.25) is 0 Å². The van der Waals surface area contributed by atoms with Crippen LogP contribution in [0.4, 0.5) is 20.7 Å². The summed E-state index contributed by atoms with van der Waals surface area (Å²) in [6.45, 7) is 5.60. The molecule has 1 fully saturated rings. The number of nitrogens with one attached hydrogen (secondary N) is 2. The number of carbonyl (C=O) groups excluding carboxylic acids is 1. The molecule has 0 spiro atoms. The number of ether oxygens (including phenoxy) is 1. The maximum Gasteiger partial charge on any atom is 0.407 e. The molecule has 0 saturated heterocycles. The normalized spacial score (nSPS) is 17.8. The summed E-state index contributed by atoms with van der Waals surface area (Å²) in [6, 6.07) is 12.7. The molecule has 5 rings (SSSR count). The molecule has 8 nitrogen and oxygen atoms in total. The van der Waals surface area contributed by atoms with Crippen LogP contribution in [0.2, 0.25) is 0 Å². The Labute approximate surface area is 225 Å². The van der Waals surface area contributed by atoms with Crippen molar-refractivity contribution < 1.29 is 13.9 Å². The van der Waals surface area contributed by atoms with Gasteiger partial charge in [-0.05, 0) is 76.8 Å². The van der Waals surface area contributed by atoms with Crippen molar-refractivity contribution in [2.75, 3.05) is 5.32 Å². The van der Waals surface area contributed by atoms with Gasteiger partial charge in [0.25, 0.3) is 0 Å². The smallest absolute Gasteiger partial charge is 0.407 e. The zero-order valence-corrected chi connectivity index (χ0v) is 22.5. The van der Waals surface area contributed by atoms with E-state index in [1.165, 1.54) is 6.07 Å². The highest BCUT2D eigenvalue weighted by Crippen LogP contribution is 2.34. The molecule has 1 saturated carbocycles. The molecule has 10 heteroatoms. The van der Waals surface area contributed by atoms with Gasteiger partial charge in [-0.2, -0.15) is 5.10 Å². The van der Waals surface area contributed by atoms with Crippen molar-refractivity contribution in [3.05, 3.63) is 66.9 Å². The minimum atomic E-state index is -0.497. The van der Waals surface area contributed by atoms with E-state index in [4.69, 9.17) is 9.72 Å². The molecule has 1 aliphatic rings. The van der Waals surface area contributed by atoms with Crippen molar-refractivity contribution in [3.63, 3.8) is 0 Å². The van der Waals surface area contributed by atoms with Gasteiger partial charge in [0.1, 0.15) is 17.2 Å². The summed E-state index contributed by atoms with van der Waals surface area (Å²) in [5, 5.41) is 12.5. The van der Waals surface area contributed by atoms with Crippen LogP contribution in [-0.2, 0) is 4.74 Å². The van der Waals surface area contributed by atoms with Gasteiger partial charge in [-0.15, -0.1) is 11.8 Å². The number of thioether (sulfide) groups is 1. The van der Waals surface area contributed by atoms with Crippen molar-refractivity contribution in [1.29, 1.82) is 0 Å². The first-order valence-corrected chi connectivity index (χ1v) is 13.6. The number of hydrogen-bond donors (Lipinski definition) is 2. The van der Waals surface area contributed by atoms with Crippen molar-refractivity contribution in [1.82, 2.24) is 25.1 Å². The number of fused-ring (bicyclic) bond motifs is 1. The second-order valence-corrected chi connectivity index (χ2v) is 11.7. The third-order valence-corrected chi connectivity index (χ3v) is 7.49. The topological polar surface area (TPSA) is 94.0 Å². The predicted molar refractivity (Wildman–Crippen MR) is 148 cm³/mol. The summed E-state index contributed by atoms with van der Waals surface area (Å²) < 4.78 is 21.7. The van der Waals surface area contributed by atoms with Gasteiger partial charge >= 0.3 is 6.09 Å². The number of alkyl carbamates (subject to hydrolysis) is 1. The highest BCUT2D eigenvalue weighted by molar-refractivity contribution is 7.99. The van der Waals surface area contributed by atoms with Gasteiger partial charge in [-0.25, -0.2) is 23.8 Å². The largest absolute Gasteiger partial charge is 0.444 e. The van der Waals surface area contributed by atoms with E-state index >= 15 is 0 Å². The summed E-state index contributed by atoms with van der Waals surface area (Å²) in [6.07, 6.45) is 8.60. The number of halogens is 1. The van der Waals surface area contributed by atoms with Gasteiger partial charge in [0.05, 0.1) is 21.9 Å². The molecule has 0 aliphatic heterocycles. The predicted octanol–water partition coefficient (Wildman–Crippen LogP) is 6.63. The number of pyridine rings is 2. The van der Waals surface area contributed by atoms with Crippen LogP contribution in [-0.4, -0.2) is 42.7 Å². The average molecular weight is 535 g/mol. The molecule has 3 heterocycles. The fourth-order valence-corrected chi connectivity index (χ4v) is 5.56. The molecule has 0 atom stereocenters. The number of aromatic nitrogens is 4. The van der Waals surface area contributed by atoms with E-state index in [-0.39, 0.29) is 12.1 Å². The Morgan fingerprint density at radius 1 is 1.13 bits per heavy atom. The third kappa shape index (κ3) is 6.61. The minimum Gasteiger partial charge on any atom is -0.444 e. The second-order valence-electron chi connectivity index (χ2n) is 10.4. The Bertz CT molecular complexity index is 1410. The molecule has 0 unspecified atom stereocenters. The minimum absolute atomic E-state index is 0.139. The van der Waals surface area contributed by atoms with E-state index in [1.807, 2.05) is 39.0 Å². The Hall–Kier alpha value is -3.66. The molecule has 4 aromatic rings. The molecule has 1 aromatic carbocycles. The SMILES string of the molecule is CC(C)(C)OC(=O)N[C@H]1CC[C@@H](Sc2ccc3cnc(Nc4ccc(-n5cccn5)cc4F)cc3n2)CC1. The maximum atomic E-state index is 14.8. The van der Waals surface area contributed by atoms with Crippen molar-refractivity contribution >= 4 is 40.3 Å². The summed E-state index contributed by atoms with van der Waals surface area (Å²) in [4.78, 5) is 21.3. The van der Waals surface area contributed by atoms with Gasteiger partial charge in [-0.1, -0.05) is 0 Å². The maximum absolute atomic E-state index is 14.8. The molecule has 198 valence electrons. The number of rotatable bonds is 6. The lowest BCUT2D eigenvalue weighted by Gasteiger charge is -2.29. The molecular formula is C28H31FN6O2S. The zero-order chi connectivity index (χ0) is 26.7. The van der Waals surface area contributed by atoms with Gasteiger partial charge < -0.3 is 15.4 Å². The Morgan fingerprint density at radius 2 is 1.95 bits per heavy atom. The Kier molecular flexibility index (Phi) is 7.51. The van der Waals surface area contributed by atoms with Crippen LogP contribution < -0.4 is 10.6 Å². The van der Waals surface area contributed by atoms with Crippen LogP contribution in [0.5, 0.6) is 0 Å². The molecular weight excluding hydrogens is 503 g/mol. The molecule has 38 heavy (non-hydrogen) atoms. The van der Waals surface area contributed by atoms with Gasteiger partial charge in [-0.3, -0.25) is 0 Å². The number of anilines is 2. The van der Waals surface area contributed by atoms with Gasteiger partial charge in [0.15, 0.2) is 0 Å². The summed E-state index contributed by atoms with van der Waals surface area (Å²) in [5.74, 6) is 0.125. The molecule has 1 aliphatic carbocycles. The monoisotopic (exact) mass is 534 g/mol. The Morgan fingerprint density at radius 3 is 2.66 bits per heavy atom. The standard InChI is InChI=1S/C28H31FN6O2S/c1-28(2,3)37-27(36)32-19-6-9-21(10-7-19)38-26-12-5-18-17-30-25(16-24(18)34-26)33-23-11-8-20(15-22(23)29)35-14-4-13-31-35/h4-5,8,11-17,19,21H,6-7,9-10H2,1-3H3,(H,30,33)(H,32,36)/t19-,21+. The lowest BCUT2D eigenvalue weighted by molar-refractivity contribution is 0.0493. The number of nitrogens with zero attached hydrogens (tertiary/aromatic N) is 4. The highest BCUT2D eigenvalue weighted by atomic mass is 32.2. The van der Waals surface area contributed by atoms with E-state index in [1.54, 1.807) is 53.2 Å². The number of carbonyl (C=O) groups is 1. The number of hydrogen-bond acceptors (Lipinski definition) is 7. The fourth-order valence-electron chi connectivity index (χ4n) is 4.41. The first-order chi connectivity index (χ1) is 18.2. The van der Waals surface area contributed by atoms with Crippen LogP contribution in [0.25, 0.3) is 16.6 Å². The average Bonchev–Trinajstić information content (AvgIpc) is 3.40. The van der Waals surface area contributed by atoms with E-state index in [9.17, 15) is 9.18 Å². The summed E-state index contributed by atoms with van der Waals surface area (Å²) in [7, 11) is 0. The first-order valence-electron chi connectivity index (χ1n) is 12.7. The van der Waals surface area contributed by atoms with E-state index in [2.05, 4.69) is 20.7 Å². The quantitative estimate of drug-likeness (QED) is 0.287. The van der Waals surface area contributed by atoms with Crippen LogP contribution in [0.1, 0.15) is 46.5 Å². The van der Waals surface area contributed by atoms with E-state index in [0.29, 0.717) is 22.4 Å². The van der Waals surface area contributed by atoms with Gasteiger partial charge in [0, 0.05) is 47.4 Å². The second kappa shape index (κ2) is 11.0. The van der Waals surface area contributed by atoms with Crippen molar-refractivity contribution in [3.8, 4) is 5.69 Å². The lowest BCUT2D eigenvalue weighted by Crippen LogP contribution is -2.41. The third-order valence-electron chi connectivity index (χ3n) is 6.21. The van der Waals surface area contributed by atoms with E-state index in [0.717, 1.165) is 41.6 Å². The summed E-state index contributed by atoms with van der Waals surface area (Å²) >= 11 is 1.76. The number of amides is 1. The number of benzene rings is 1. The molecule has 3 aromatic heterocycles. The van der Waals surface area contributed by atoms with Crippen molar-refractivity contribution in [2.24, 2.45) is 0 Å². The lowest BCUT2D eigenvalue weighted by atomic mass is 9.95.